The van der Waals surface area contributed by atoms with Crippen molar-refractivity contribution in [2.45, 2.75) is 19.3 Å². The van der Waals surface area contributed by atoms with E-state index in [4.69, 9.17) is 0 Å². The van der Waals surface area contributed by atoms with Crippen LogP contribution >= 0.6 is 0 Å². The number of piperidine rings is 1. The van der Waals surface area contributed by atoms with E-state index >= 15 is 0 Å². The van der Waals surface area contributed by atoms with Crippen LogP contribution in [0.25, 0.3) is 0 Å². The molecular weight excluding hydrogens is 342 g/mol. The van der Waals surface area contributed by atoms with Crippen molar-refractivity contribution < 1.29 is 9.72 Å². The largest absolute Gasteiger partial charge is 0.352 e. The fourth-order valence-corrected chi connectivity index (χ4v) is 3.45. The number of rotatable bonds is 7. The number of benzene rings is 2. The van der Waals surface area contributed by atoms with Crippen LogP contribution in [0.15, 0.2) is 54.6 Å². The fraction of sp³-hybridized carbons (Fsp3) is 0.381. The zero-order valence-corrected chi connectivity index (χ0v) is 15.3. The van der Waals surface area contributed by atoms with Gasteiger partial charge in [0.2, 0.25) is 0 Å². The van der Waals surface area contributed by atoms with Gasteiger partial charge >= 0.3 is 0 Å². The monoisotopic (exact) mass is 367 g/mol. The third-order valence-electron chi connectivity index (χ3n) is 5.14. The number of nitrogens with zero attached hydrogens (tertiary/aromatic N) is 2. The molecule has 1 saturated heterocycles. The molecule has 0 bridgehead atoms. The molecule has 142 valence electrons. The average molecular weight is 367 g/mol. The molecule has 0 radical (unpaired) electrons. The summed E-state index contributed by atoms with van der Waals surface area (Å²) in [6.45, 7) is 3.78. The first-order valence-corrected chi connectivity index (χ1v) is 9.41. The zero-order chi connectivity index (χ0) is 19.1. The highest BCUT2D eigenvalue weighted by Crippen LogP contribution is 2.18. The topological polar surface area (TPSA) is 75.5 Å². The molecule has 6 nitrogen and oxygen atoms in total. The zero-order valence-electron chi connectivity index (χ0n) is 15.3. The quantitative estimate of drug-likeness (QED) is 0.602. The number of amides is 1. The van der Waals surface area contributed by atoms with Crippen molar-refractivity contribution >= 4 is 11.6 Å². The number of non-ortho nitro benzene ring substituents is 1. The van der Waals surface area contributed by atoms with Crippen molar-refractivity contribution in [3.8, 4) is 0 Å². The molecule has 1 amide bonds. The van der Waals surface area contributed by atoms with E-state index < -0.39 is 4.92 Å². The van der Waals surface area contributed by atoms with E-state index in [-0.39, 0.29) is 11.6 Å². The van der Waals surface area contributed by atoms with Crippen LogP contribution in [0.3, 0.4) is 0 Å². The minimum atomic E-state index is -0.484. The van der Waals surface area contributed by atoms with Crippen LogP contribution in [0.5, 0.6) is 0 Å². The summed E-state index contributed by atoms with van der Waals surface area (Å²) < 4.78 is 0. The van der Waals surface area contributed by atoms with Crippen LogP contribution in [0, 0.1) is 16.0 Å². The van der Waals surface area contributed by atoms with Crippen LogP contribution in [0.4, 0.5) is 5.69 Å². The minimum absolute atomic E-state index is 0.0608. The molecule has 3 rings (SSSR count). The van der Waals surface area contributed by atoms with Gasteiger partial charge < -0.3 is 10.2 Å². The van der Waals surface area contributed by atoms with Crippen molar-refractivity contribution in [2.24, 2.45) is 5.92 Å². The molecule has 0 spiro atoms. The Morgan fingerprint density at radius 3 is 2.56 bits per heavy atom. The number of hydrogen-bond donors (Lipinski definition) is 1. The Hall–Kier alpha value is -2.73. The van der Waals surface area contributed by atoms with Crippen molar-refractivity contribution in [2.75, 3.05) is 26.2 Å². The number of nitro groups is 1. The standard InChI is InChI=1S/C21H25N3O3/c25-21(19-7-4-8-20(15-19)24(26)27)22-16-18-10-13-23(14-11-18)12-9-17-5-2-1-3-6-17/h1-8,15,18H,9-14,16H2,(H,22,25). The highest BCUT2D eigenvalue weighted by atomic mass is 16.6. The van der Waals surface area contributed by atoms with Gasteiger partial charge in [0.25, 0.3) is 11.6 Å². The smallest absolute Gasteiger partial charge is 0.270 e. The van der Waals surface area contributed by atoms with Crippen LogP contribution in [0.1, 0.15) is 28.8 Å². The van der Waals surface area contributed by atoms with Gasteiger partial charge in [0, 0.05) is 30.8 Å². The van der Waals surface area contributed by atoms with Crippen LogP contribution < -0.4 is 5.32 Å². The van der Waals surface area contributed by atoms with Gasteiger partial charge in [0.15, 0.2) is 0 Å². The van der Waals surface area contributed by atoms with E-state index in [0.717, 1.165) is 38.9 Å². The highest BCUT2D eigenvalue weighted by molar-refractivity contribution is 5.94. The summed E-state index contributed by atoms with van der Waals surface area (Å²) in [6, 6.07) is 16.4. The number of nitro benzene ring substituents is 1. The third-order valence-corrected chi connectivity index (χ3v) is 5.14. The summed E-state index contributed by atoms with van der Waals surface area (Å²) in [5.41, 5.74) is 1.64. The Labute approximate surface area is 159 Å². The molecule has 0 atom stereocenters. The van der Waals surface area contributed by atoms with Gasteiger partial charge in [-0.2, -0.15) is 0 Å². The normalized spacial score (nSPS) is 15.4. The average Bonchev–Trinajstić information content (AvgIpc) is 2.72. The molecule has 0 aliphatic carbocycles. The lowest BCUT2D eigenvalue weighted by Gasteiger charge is -2.32. The van der Waals surface area contributed by atoms with Gasteiger partial charge in [-0.15, -0.1) is 0 Å². The molecule has 6 heteroatoms. The maximum Gasteiger partial charge on any atom is 0.270 e. The number of carbonyl (C=O) groups is 1. The third kappa shape index (κ3) is 5.62. The van der Waals surface area contributed by atoms with Gasteiger partial charge in [-0.05, 0) is 49.9 Å². The Morgan fingerprint density at radius 2 is 1.85 bits per heavy atom. The maximum atomic E-state index is 12.2. The first kappa shape index (κ1) is 19.0. The number of nitrogens with one attached hydrogen (secondary N) is 1. The SMILES string of the molecule is O=C(NCC1CCN(CCc2ccccc2)CC1)c1cccc([N+](=O)[O-])c1. The lowest BCUT2D eigenvalue weighted by Crippen LogP contribution is -2.39. The molecule has 0 aromatic heterocycles. The molecule has 0 unspecified atom stereocenters. The van der Waals surface area contributed by atoms with E-state index in [0.29, 0.717) is 18.0 Å². The van der Waals surface area contributed by atoms with Gasteiger partial charge in [-0.3, -0.25) is 14.9 Å². The predicted octanol–water partition coefficient (Wildman–Crippen LogP) is 3.28. The summed E-state index contributed by atoms with van der Waals surface area (Å²) in [7, 11) is 0. The van der Waals surface area contributed by atoms with E-state index in [1.165, 1.54) is 23.8 Å². The van der Waals surface area contributed by atoms with E-state index in [9.17, 15) is 14.9 Å². The van der Waals surface area contributed by atoms with E-state index in [2.05, 4.69) is 34.5 Å². The summed E-state index contributed by atoms with van der Waals surface area (Å²) >= 11 is 0. The lowest BCUT2D eigenvalue weighted by atomic mass is 9.96. The molecule has 1 N–H and O–H groups in total. The Bertz CT molecular complexity index is 771. The molecule has 27 heavy (non-hydrogen) atoms. The van der Waals surface area contributed by atoms with Crippen LogP contribution in [-0.4, -0.2) is 41.9 Å². The maximum absolute atomic E-state index is 12.2. The first-order valence-electron chi connectivity index (χ1n) is 9.41. The van der Waals surface area contributed by atoms with Gasteiger partial charge in [-0.25, -0.2) is 0 Å². The second-order valence-corrected chi connectivity index (χ2v) is 7.04. The van der Waals surface area contributed by atoms with Crippen molar-refractivity contribution in [1.29, 1.82) is 0 Å². The Morgan fingerprint density at radius 1 is 1.11 bits per heavy atom. The van der Waals surface area contributed by atoms with Gasteiger partial charge in [0.1, 0.15) is 0 Å². The number of hydrogen-bond acceptors (Lipinski definition) is 4. The molecule has 2 aromatic rings. The Balaban J connectivity index is 1.40. The molecule has 1 heterocycles. The van der Waals surface area contributed by atoms with E-state index in [1.807, 2.05) is 6.07 Å². The molecule has 1 aliphatic heterocycles. The molecule has 2 aromatic carbocycles. The summed E-state index contributed by atoms with van der Waals surface area (Å²) in [5.74, 6) is 0.214. The highest BCUT2D eigenvalue weighted by Gasteiger charge is 2.20. The number of likely N-dealkylation sites (tertiary alicyclic amines) is 1. The number of carbonyl (C=O) groups excluding carboxylic acids is 1. The van der Waals surface area contributed by atoms with E-state index in [1.54, 1.807) is 6.07 Å². The van der Waals surface area contributed by atoms with Crippen molar-refractivity contribution in [1.82, 2.24) is 10.2 Å². The summed E-state index contributed by atoms with van der Waals surface area (Å²) in [5, 5.41) is 13.8. The summed E-state index contributed by atoms with van der Waals surface area (Å²) in [4.78, 5) is 25.1. The summed E-state index contributed by atoms with van der Waals surface area (Å²) in [6.07, 6.45) is 3.18. The van der Waals surface area contributed by atoms with Crippen molar-refractivity contribution in [3.63, 3.8) is 0 Å². The molecular formula is C21H25N3O3. The minimum Gasteiger partial charge on any atom is -0.352 e. The molecule has 0 saturated carbocycles. The van der Waals surface area contributed by atoms with Crippen LogP contribution in [0.2, 0.25) is 0 Å². The van der Waals surface area contributed by atoms with Crippen molar-refractivity contribution in [3.05, 3.63) is 75.8 Å². The van der Waals surface area contributed by atoms with Gasteiger partial charge in [-0.1, -0.05) is 36.4 Å². The molecule has 1 aliphatic rings. The van der Waals surface area contributed by atoms with Gasteiger partial charge in [0.05, 0.1) is 4.92 Å². The molecule has 1 fully saturated rings. The predicted molar refractivity (Wildman–Crippen MR) is 105 cm³/mol. The second kappa shape index (κ2) is 9.28. The first-order chi connectivity index (χ1) is 13.1. The van der Waals surface area contributed by atoms with Crippen LogP contribution in [-0.2, 0) is 6.42 Å². The Kier molecular flexibility index (Phi) is 6.54. The second-order valence-electron chi connectivity index (χ2n) is 7.04. The lowest BCUT2D eigenvalue weighted by molar-refractivity contribution is -0.384. The fourth-order valence-electron chi connectivity index (χ4n) is 3.45.